The molecule has 0 bridgehead atoms. The lowest BCUT2D eigenvalue weighted by molar-refractivity contribution is 0.214. The molecule has 0 saturated carbocycles. The van der Waals surface area contributed by atoms with Crippen LogP contribution >= 0.6 is 11.6 Å². The first-order valence-corrected chi connectivity index (χ1v) is 6.81. The van der Waals surface area contributed by atoms with E-state index in [4.69, 9.17) is 11.6 Å². The molecule has 0 amide bonds. The molecule has 0 aliphatic rings. The van der Waals surface area contributed by atoms with E-state index in [1.807, 2.05) is 29.1 Å². The van der Waals surface area contributed by atoms with Gasteiger partial charge in [-0.15, -0.1) is 0 Å². The summed E-state index contributed by atoms with van der Waals surface area (Å²) in [5.41, 5.74) is 2.34. The predicted molar refractivity (Wildman–Crippen MR) is 80.5 cm³/mol. The Hall–Kier alpha value is -1.62. The minimum Gasteiger partial charge on any atom is -0.386 e. The largest absolute Gasteiger partial charge is 0.386 e. The fraction of sp³-hybridized carbons (Fsp3) is 0.267. The smallest absolute Gasteiger partial charge is 0.101 e. The zero-order valence-corrected chi connectivity index (χ0v) is 11.9. The van der Waals surface area contributed by atoms with E-state index >= 15 is 0 Å². The highest BCUT2D eigenvalue weighted by Crippen LogP contribution is 2.08. The number of hydrogen-bond donors (Lipinski definition) is 2. The Morgan fingerprint density at radius 1 is 1.40 bits per heavy atom. The number of nitrogens with zero attached hydrogens (tertiary/aromatic N) is 2. The molecule has 0 saturated heterocycles. The molecule has 0 aliphatic carbocycles. The van der Waals surface area contributed by atoms with Crippen molar-refractivity contribution in [2.75, 3.05) is 6.54 Å². The van der Waals surface area contributed by atoms with Crippen LogP contribution in [0, 0.1) is 0 Å². The van der Waals surface area contributed by atoms with Crippen molar-refractivity contribution in [1.82, 2.24) is 15.1 Å². The molecule has 1 aromatic heterocycles. The van der Waals surface area contributed by atoms with E-state index in [1.165, 1.54) is 5.56 Å². The second-order valence-corrected chi connectivity index (χ2v) is 5.10. The highest BCUT2D eigenvalue weighted by atomic mass is 35.5. The number of hydrogen-bond acceptors (Lipinski definition) is 3. The number of halogens is 1. The molecule has 20 heavy (non-hydrogen) atoms. The van der Waals surface area contributed by atoms with Gasteiger partial charge in [0, 0.05) is 30.5 Å². The van der Waals surface area contributed by atoms with Gasteiger partial charge in [-0.05, 0) is 17.2 Å². The Morgan fingerprint density at radius 2 is 2.20 bits per heavy atom. The molecular weight excluding hydrogens is 274 g/mol. The zero-order valence-electron chi connectivity index (χ0n) is 11.2. The van der Waals surface area contributed by atoms with Crippen LogP contribution in [0.4, 0.5) is 0 Å². The van der Waals surface area contributed by atoms with Gasteiger partial charge in [-0.1, -0.05) is 42.4 Å². The van der Waals surface area contributed by atoms with Crippen LogP contribution in [0.25, 0.3) is 0 Å². The van der Waals surface area contributed by atoms with Crippen LogP contribution in [0.1, 0.15) is 11.1 Å². The molecule has 1 atom stereocenters. The molecule has 4 nitrogen and oxygen atoms in total. The molecule has 0 spiro atoms. The van der Waals surface area contributed by atoms with Crippen molar-refractivity contribution in [2.24, 2.45) is 0 Å². The first-order chi connectivity index (χ1) is 9.65. The third-order valence-corrected chi connectivity index (χ3v) is 3.18. The number of benzene rings is 1. The van der Waals surface area contributed by atoms with Crippen molar-refractivity contribution >= 4 is 11.6 Å². The van der Waals surface area contributed by atoms with Gasteiger partial charge >= 0.3 is 0 Å². The van der Waals surface area contributed by atoms with Gasteiger partial charge in [-0.25, -0.2) is 0 Å². The van der Waals surface area contributed by atoms with Crippen LogP contribution in [-0.4, -0.2) is 27.5 Å². The number of aliphatic hydroxyl groups is 1. The maximum atomic E-state index is 9.52. The van der Waals surface area contributed by atoms with Gasteiger partial charge in [-0.2, -0.15) is 5.10 Å². The molecule has 2 aromatic rings. The van der Waals surface area contributed by atoms with Crippen LogP contribution < -0.4 is 5.32 Å². The number of aliphatic hydroxyl groups excluding tert-OH is 1. The van der Waals surface area contributed by atoms with Crippen molar-refractivity contribution in [2.45, 2.75) is 19.2 Å². The maximum Gasteiger partial charge on any atom is 0.101 e. The fourth-order valence-corrected chi connectivity index (χ4v) is 1.96. The van der Waals surface area contributed by atoms with Crippen LogP contribution in [0.3, 0.4) is 0 Å². The lowest BCUT2D eigenvalue weighted by Crippen LogP contribution is -2.26. The standard InChI is InChI=1S/C15H18ClN3O/c1-12(16)15(20)10-17-9-13-4-2-5-14(8-13)11-19-7-3-6-18-19/h2-8,15,17,20H,1,9-11H2. The number of nitrogens with one attached hydrogen (secondary N) is 1. The molecule has 0 aliphatic heterocycles. The molecule has 106 valence electrons. The van der Waals surface area contributed by atoms with Gasteiger partial charge in [0.25, 0.3) is 0 Å². The predicted octanol–water partition coefficient (Wildman–Crippen LogP) is 2.13. The first-order valence-electron chi connectivity index (χ1n) is 6.43. The molecule has 1 unspecified atom stereocenters. The molecule has 0 radical (unpaired) electrons. The summed E-state index contributed by atoms with van der Waals surface area (Å²) in [4.78, 5) is 0. The van der Waals surface area contributed by atoms with E-state index in [0.717, 1.165) is 12.1 Å². The van der Waals surface area contributed by atoms with Crippen LogP contribution in [0.2, 0.25) is 0 Å². The van der Waals surface area contributed by atoms with Crippen molar-refractivity contribution in [3.8, 4) is 0 Å². The van der Waals surface area contributed by atoms with E-state index < -0.39 is 6.10 Å². The highest BCUT2D eigenvalue weighted by molar-refractivity contribution is 6.29. The molecule has 2 N–H and O–H groups in total. The van der Waals surface area contributed by atoms with Crippen LogP contribution in [-0.2, 0) is 13.1 Å². The van der Waals surface area contributed by atoms with Gasteiger partial charge in [0.15, 0.2) is 0 Å². The lowest BCUT2D eigenvalue weighted by atomic mass is 10.1. The third kappa shape index (κ3) is 4.49. The Balaban J connectivity index is 1.88. The molecule has 0 fully saturated rings. The molecule has 2 rings (SSSR count). The number of aromatic nitrogens is 2. The summed E-state index contributed by atoms with van der Waals surface area (Å²) in [5.74, 6) is 0. The summed E-state index contributed by atoms with van der Waals surface area (Å²) in [6, 6.07) is 10.2. The number of rotatable bonds is 7. The highest BCUT2D eigenvalue weighted by Gasteiger charge is 2.05. The second kappa shape index (κ2) is 7.24. The molecule has 5 heteroatoms. The SMILES string of the molecule is C=C(Cl)C(O)CNCc1cccc(Cn2cccn2)c1. The zero-order chi connectivity index (χ0) is 14.4. The molecule has 1 aromatic carbocycles. The van der Waals surface area contributed by atoms with Crippen molar-refractivity contribution in [1.29, 1.82) is 0 Å². The summed E-state index contributed by atoms with van der Waals surface area (Å²) < 4.78 is 1.88. The minimum atomic E-state index is -0.719. The van der Waals surface area contributed by atoms with Crippen LogP contribution in [0.15, 0.2) is 54.3 Å². The Labute approximate surface area is 123 Å². The van der Waals surface area contributed by atoms with Gasteiger partial charge in [-0.3, -0.25) is 4.68 Å². The maximum absolute atomic E-state index is 9.52. The average molecular weight is 292 g/mol. The Kier molecular flexibility index (Phi) is 5.35. The quantitative estimate of drug-likeness (QED) is 0.822. The minimum absolute atomic E-state index is 0.255. The molecule has 1 heterocycles. The molecular formula is C15H18ClN3O. The second-order valence-electron chi connectivity index (χ2n) is 4.62. The summed E-state index contributed by atoms with van der Waals surface area (Å²) >= 11 is 5.62. The summed E-state index contributed by atoms with van der Waals surface area (Å²) in [6.45, 7) is 5.32. The topological polar surface area (TPSA) is 50.1 Å². The van der Waals surface area contributed by atoms with Crippen molar-refractivity contribution in [3.05, 3.63) is 65.5 Å². The van der Waals surface area contributed by atoms with Gasteiger partial charge in [0.2, 0.25) is 0 Å². The Morgan fingerprint density at radius 3 is 2.90 bits per heavy atom. The van der Waals surface area contributed by atoms with Crippen molar-refractivity contribution in [3.63, 3.8) is 0 Å². The summed E-state index contributed by atoms with van der Waals surface area (Å²) in [6.07, 6.45) is 2.99. The van der Waals surface area contributed by atoms with Gasteiger partial charge < -0.3 is 10.4 Å². The van der Waals surface area contributed by atoms with E-state index in [0.29, 0.717) is 13.1 Å². The fourth-order valence-electron chi connectivity index (χ4n) is 1.88. The van der Waals surface area contributed by atoms with E-state index in [1.54, 1.807) is 6.20 Å². The Bertz CT molecular complexity index is 554. The average Bonchev–Trinajstić information content (AvgIpc) is 2.92. The normalized spacial score (nSPS) is 12.3. The monoisotopic (exact) mass is 291 g/mol. The van der Waals surface area contributed by atoms with Gasteiger partial charge in [0.05, 0.1) is 6.54 Å². The third-order valence-electron chi connectivity index (χ3n) is 2.92. The van der Waals surface area contributed by atoms with E-state index in [2.05, 4.69) is 29.1 Å². The van der Waals surface area contributed by atoms with Crippen molar-refractivity contribution < 1.29 is 5.11 Å². The summed E-state index contributed by atoms with van der Waals surface area (Å²) in [7, 11) is 0. The van der Waals surface area contributed by atoms with E-state index in [9.17, 15) is 5.11 Å². The van der Waals surface area contributed by atoms with E-state index in [-0.39, 0.29) is 5.03 Å². The lowest BCUT2D eigenvalue weighted by Gasteiger charge is -2.11. The first kappa shape index (κ1) is 14.8. The van der Waals surface area contributed by atoms with Gasteiger partial charge in [0.1, 0.15) is 6.10 Å². The summed E-state index contributed by atoms with van der Waals surface area (Å²) in [5, 5.41) is 17.1. The van der Waals surface area contributed by atoms with Crippen LogP contribution in [0.5, 0.6) is 0 Å².